The summed E-state index contributed by atoms with van der Waals surface area (Å²) >= 11 is 0. The molecule has 3 aliphatic heterocycles. The molecule has 2 aromatic rings. The van der Waals surface area contributed by atoms with Gasteiger partial charge >= 0.3 is 6.09 Å². The third kappa shape index (κ3) is 5.58. The molecule has 35 heavy (non-hydrogen) atoms. The molecule has 2 saturated heterocycles. The van der Waals surface area contributed by atoms with Gasteiger partial charge in [-0.2, -0.15) is 12.8 Å². The van der Waals surface area contributed by atoms with E-state index in [-0.39, 0.29) is 38.5 Å². The minimum Gasteiger partial charge on any atom is -0.445 e. The van der Waals surface area contributed by atoms with Crippen LogP contribution >= 0.6 is 0 Å². The molecule has 2 aromatic carbocycles. The second kappa shape index (κ2) is 11.4. The minimum absolute atomic E-state index is 0. The largest absolute Gasteiger partial charge is 0.445 e. The number of para-hydroxylation sites is 1. The molecule has 8 heteroatoms. The number of anilines is 1. The molecule has 189 valence electrons. The van der Waals surface area contributed by atoms with Crippen molar-refractivity contribution in [1.29, 1.82) is 0 Å². The molecule has 1 radical (unpaired) electrons. The average molecular weight is 651 g/mol. The van der Waals surface area contributed by atoms with Gasteiger partial charge in [-0.05, 0) is 49.8 Å². The Labute approximate surface area is 221 Å². The molecular formula is C27H34N3O4Re-. The summed E-state index contributed by atoms with van der Waals surface area (Å²) in [6.07, 6.45) is 0.903. The molecule has 0 aliphatic carbocycles. The second-order valence-electron chi connectivity index (χ2n) is 9.78. The van der Waals surface area contributed by atoms with Crippen LogP contribution in [-0.2, 0) is 37.2 Å². The Bertz CT molecular complexity index is 985. The van der Waals surface area contributed by atoms with Crippen molar-refractivity contribution < 1.29 is 40.2 Å². The number of aliphatic hydroxyl groups excluding tert-OH is 2. The number of aliphatic hydroxyl groups is 2. The number of nitrogens with one attached hydrogen (secondary N) is 1. The molecule has 0 saturated carbocycles. The van der Waals surface area contributed by atoms with Gasteiger partial charge in [0.15, 0.2) is 0 Å². The Morgan fingerprint density at radius 3 is 2.57 bits per heavy atom. The van der Waals surface area contributed by atoms with Crippen molar-refractivity contribution in [1.82, 2.24) is 9.80 Å². The summed E-state index contributed by atoms with van der Waals surface area (Å²) < 4.78 is 5.44. The molecule has 0 aromatic heterocycles. The minimum atomic E-state index is -0.544. The van der Waals surface area contributed by atoms with Crippen LogP contribution in [0, 0.1) is 5.92 Å². The number of carbonyl (C=O) groups excluding carboxylic acids is 1. The van der Waals surface area contributed by atoms with Gasteiger partial charge < -0.3 is 30.1 Å². The first-order chi connectivity index (χ1) is 16.5. The van der Waals surface area contributed by atoms with E-state index in [4.69, 9.17) is 4.74 Å². The predicted molar refractivity (Wildman–Crippen MR) is 130 cm³/mol. The van der Waals surface area contributed by atoms with Crippen LogP contribution in [0.4, 0.5) is 10.5 Å². The van der Waals surface area contributed by atoms with Gasteiger partial charge in [0.2, 0.25) is 0 Å². The topological polar surface area (TPSA) is 85.3 Å². The maximum atomic E-state index is 12.4. The van der Waals surface area contributed by atoms with E-state index < -0.39 is 12.2 Å². The van der Waals surface area contributed by atoms with Crippen molar-refractivity contribution in [2.24, 2.45) is 0 Å². The Kier molecular flexibility index (Phi) is 8.51. The van der Waals surface area contributed by atoms with Gasteiger partial charge in [-0.1, -0.05) is 54.6 Å². The predicted octanol–water partition coefficient (Wildman–Crippen LogP) is 2.78. The molecule has 3 aliphatic rings. The number of benzene rings is 2. The third-order valence-corrected chi connectivity index (χ3v) is 7.77. The van der Waals surface area contributed by atoms with Gasteiger partial charge in [-0.25, -0.2) is 4.79 Å². The maximum absolute atomic E-state index is 12.4. The van der Waals surface area contributed by atoms with Crippen molar-refractivity contribution in [2.45, 2.75) is 43.5 Å². The van der Waals surface area contributed by atoms with E-state index in [9.17, 15) is 15.0 Å². The molecule has 1 amide bonds. The van der Waals surface area contributed by atoms with E-state index in [2.05, 4.69) is 22.3 Å². The molecule has 3 atom stereocenters. The molecule has 7 nitrogen and oxygen atoms in total. The fourth-order valence-electron chi connectivity index (χ4n) is 5.63. The monoisotopic (exact) mass is 651 g/mol. The molecule has 0 bridgehead atoms. The van der Waals surface area contributed by atoms with E-state index in [0.717, 1.165) is 36.7 Å². The fraction of sp³-hybridized carbons (Fsp3) is 0.481. The molecular weight excluding hydrogens is 617 g/mol. The molecule has 1 spiro atoms. The van der Waals surface area contributed by atoms with E-state index in [1.54, 1.807) is 4.90 Å². The van der Waals surface area contributed by atoms with Crippen molar-refractivity contribution >= 4 is 11.8 Å². The number of ether oxygens (including phenoxy) is 1. The first-order valence-electron chi connectivity index (χ1n) is 12.3. The van der Waals surface area contributed by atoms with E-state index in [1.807, 2.05) is 42.5 Å². The van der Waals surface area contributed by atoms with E-state index >= 15 is 0 Å². The number of rotatable bonds is 5. The molecule has 3 unspecified atom stereocenters. The molecule has 3 heterocycles. The number of carbonyl (C=O) groups is 1. The smallest absolute Gasteiger partial charge is 0.409 e. The number of likely N-dealkylation sites (tertiary alicyclic amines) is 2. The van der Waals surface area contributed by atoms with Crippen LogP contribution in [0.1, 0.15) is 30.4 Å². The van der Waals surface area contributed by atoms with E-state index in [1.165, 1.54) is 5.56 Å². The van der Waals surface area contributed by atoms with Crippen molar-refractivity contribution in [3.05, 3.63) is 71.6 Å². The van der Waals surface area contributed by atoms with Crippen LogP contribution in [0.2, 0.25) is 0 Å². The van der Waals surface area contributed by atoms with Gasteiger partial charge in [0.05, 0.1) is 6.10 Å². The van der Waals surface area contributed by atoms with Crippen LogP contribution in [0.3, 0.4) is 0 Å². The SMILES string of the molecule is O=C(OCc1ccccc1)N1CC[C-](C(O)CN2CCC3(CNc4ccccc43)C(O)C2)CC1.[Re]. The van der Waals surface area contributed by atoms with E-state index in [0.29, 0.717) is 39.0 Å². The van der Waals surface area contributed by atoms with Gasteiger partial charge in [0.1, 0.15) is 6.61 Å². The summed E-state index contributed by atoms with van der Waals surface area (Å²) in [6.45, 7) is 4.08. The number of amides is 1. The van der Waals surface area contributed by atoms with Crippen molar-refractivity contribution in [3.63, 3.8) is 0 Å². The Morgan fingerprint density at radius 2 is 1.83 bits per heavy atom. The summed E-state index contributed by atoms with van der Waals surface area (Å²) in [7, 11) is 0. The van der Waals surface area contributed by atoms with Gasteiger partial charge in [0.25, 0.3) is 0 Å². The van der Waals surface area contributed by atoms with Crippen molar-refractivity contribution in [2.75, 3.05) is 44.6 Å². The van der Waals surface area contributed by atoms with Crippen LogP contribution in [-0.4, -0.2) is 77.6 Å². The Balaban J connectivity index is 0.00000289. The standard InChI is InChI=1S/C27H34N3O4.Re/c31-24(21-10-13-30(14-11-21)26(33)34-18-20-6-2-1-3-7-20)16-29-15-12-27(25(32)17-29)19-28-23-9-5-4-8-22(23)27;/h1-9,24-25,28,31-32H,10-19H2;/q-1;. The average Bonchev–Trinajstić information content (AvgIpc) is 3.25. The summed E-state index contributed by atoms with van der Waals surface area (Å²) in [5.74, 6) is 1.08. The zero-order chi connectivity index (χ0) is 23.5. The number of hydrogen-bond donors (Lipinski definition) is 3. The number of β-amino-alcohol motifs (C(OH)–C–C–N with tert-alkyl or cyclic N) is 2. The van der Waals surface area contributed by atoms with Crippen LogP contribution in [0.15, 0.2) is 54.6 Å². The van der Waals surface area contributed by atoms with Crippen LogP contribution in [0.25, 0.3) is 0 Å². The second-order valence-corrected chi connectivity index (χ2v) is 9.78. The number of piperidine rings is 2. The van der Waals surface area contributed by atoms with Gasteiger partial charge in [0, 0.05) is 44.6 Å². The summed E-state index contributed by atoms with van der Waals surface area (Å²) in [5.41, 5.74) is 3.07. The normalized spacial score (nSPS) is 25.4. The summed E-state index contributed by atoms with van der Waals surface area (Å²) in [5, 5.41) is 25.5. The fourth-order valence-corrected chi connectivity index (χ4v) is 5.63. The maximum Gasteiger partial charge on any atom is 0.409 e. The first kappa shape index (κ1) is 26.1. The number of fused-ring (bicyclic) bond motifs is 2. The zero-order valence-electron chi connectivity index (χ0n) is 19.9. The summed E-state index contributed by atoms with van der Waals surface area (Å²) in [4.78, 5) is 16.3. The zero-order valence-corrected chi connectivity index (χ0v) is 22.6. The Morgan fingerprint density at radius 1 is 1.11 bits per heavy atom. The number of hydrogen-bond acceptors (Lipinski definition) is 6. The molecule has 2 fully saturated rings. The quantitative estimate of drug-likeness (QED) is 0.432. The number of nitrogens with zero attached hydrogens (tertiary/aromatic N) is 2. The van der Waals surface area contributed by atoms with Gasteiger partial charge in [-0.15, -0.1) is 0 Å². The van der Waals surface area contributed by atoms with Crippen molar-refractivity contribution in [3.8, 4) is 0 Å². The van der Waals surface area contributed by atoms with Crippen LogP contribution in [0.5, 0.6) is 0 Å². The molecule has 5 rings (SSSR count). The van der Waals surface area contributed by atoms with Crippen LogP contribution < -0.4 is 5.32 Å². The summed E-state index contributed by atoms with van der Waals surface area (Å²) in [6, 6.07) is 17.9. The third-order valence-electron chi connectivity index (χ3n) is 7.77. The van der Waals surface area contributed by atoms with Gasteiger partial charge in [-0.3, -0.25) is 5.92 Å². The first-order valence-corrected chi connectivity index (χ1v) is 12.3. The Hall–Kier alpha value is -1.95. The molecule has 3 N–H and O–H groups in total.